The van der Waals surface area contributed by atoms with E-state index in [0.717, 1.165) is 10.7 Å². The Labute approximate surface area is 79.4 Å². The molecule has 2 N–H and O–H groups in total. The van der Waals surface area contributed by atoms with Crippen molar-refractivity contribution < 1.29 is 0 Å². The first kappa shape index (κ1) is 8.33. The van der Waals surface area contributed by atoms with Crippen LogP contribution >= 0.6 is 11.5 Å². The number of aryl methyl sites for hydroxylation is 1. The molecule has 0 saturated heterocycles. The quantitative estimate of drug-likeness (QED) is 0.749. The van der Waals surface area contributed by atoms with Crippen LogP contribution in [0, 0.1) is 0 Å². The highest BCUT2D eigenvalue weighted by Crippen LogP contribution is 2.18. The van der Waals surface area contributed by atoms with Gasteiger partial charge in [0.25, 0.3) is 0 Å². The van der Waals surface area contributed by atoms with Crippen LogP contribution in [-0.2, 0) is 7.05 Å². The van der Waals surface area contributed by atoms with Crippen molar-refractivity contribution in [3.05, 3.63) is 29.3 Å². The summed E-state index contributed by atoms with van der Waals surface area (Å²) in [7, 11) is 1.91. The number of imidazole rings is 1. The first-order valence-corrected chi connectivity index (χ1v) is 4.56. The van der Waals surface area contributed by atoms with Crippen molar-refractivity contribution in [1.29, 1.82) is 0 Å². The van der Waals surface area contributed by atoms with Gasteiger partial charge in [-0.3, -0.25) is 0 Å². The van der Waals surface area contributed by atoms with Gasteiger partial charge in [-0.15, -0.1) is 5.10 Å². The fourth-order valence-electron chi connectivity index (χ4n) is 1.12. The summed E-state index contributed by atoms with van der Waals surface area (Å²) in [6.07, 6.45) is 5.26. The molecule has 5 nitrogen and oxygen atoms in total. The Morgan fingerprint density at radius 1 is 1.62 bits per heavy atom. The van der Waals surface area contributed by atoms with E-state index in [0.29, 0.717) is 0 Å². The Morgan fingerprint density at radius 3 is 3.00 bits per heavy atom. The lowest BCUT2D eigenvalue weighted by Crippen LogP contribution is -2.15. The molecule has 2 heterocycles. The molecule has 0 aromatic carbocycles. The van der Waals surface area contributed by atoms with Gasteiger partial charge in [-0.25, -0.2) is 4.98 Å². The maximum absolute atomic E-state index is 5.95. The molecule has 1 unspecified atom stereocenters. The Bertz CT molecular complexity index is 379. The summed E-state index contributed by atoms with van der Waals surface area (Å²) in [4.78, 5) is 5.09. The highest BCUT2D eigenvalue weighted by Gasteiger charge is 2.14. The minimum absolute atomic E-state index is 0.222. The molecule has 68 valence electrons. The molecule has 2 rings (SSSR count). The molecule has 6 heteroatoms. The molecule has 13 heavy (non-hydrogen) atoms. The topological polar surface area (TPSA) is 69.6 Å². The molecule has 2 aromatic heterocycles. The molecule has 1 atom stereocenters. The zero-order valence-corrected chi connectivity index (χ0v) is 7.90. The Balaban J connectivity index is 2.33. The van der Waals surface area contributed by atoms with E-state index in [2.05, 4.69) is 14.6 Å². The van der Waals surface area contributed by atoms with Gasteiger partial charge in [0.2, 0.25) is 0 Å². The summed E-state index contributed by atoms with van der Waals surface area (Å²) in [6.45, 7) is 0. The van der Waals surface area contributed by atoms with Crippen LogP contribution in [0.15, 0.2) is 18.6 Å². The second-order valence-corrected chi connectivity index (χ2v) is 3.51. The molecule has 0 amide bonds. The van der Waals surface area contributed by atoms with Crippen molar-refractivity contribution >= 4 is 11.5 Å². The molecular weight excluding hydrogens is 186 g/mol. The van der Waals surface area contributed by atoms with E-state index < -0.39 is 0 Å². The maximum atomic E-state index is 5.95. The first-order valence-electron chi connectivity index (χ1n) is 3.79. The van der Waals surface area contributed by atoms with Crippen molar-refractivity contribution in [2.75, 3.05) is 0 Å². The first-order chi connectivity index (χ1) is 6.29. The summed E-state index contributed by atoms with van der Waals surface area (Å²) in [5.74, 6) is 0.825. The third kappa shape index (κ3) is 1.45. The summed E-state index contributed by atoms with van der Waals surface area (Å²) in [5, 5.41) is 3.73. The van der Waals surface area contributed by atoms with Gasteiger partial charge in [0.15, 0.2) is 0 Å². The van der Waals surface area contributed by atoms with Gasteiger partial charge in [0, 0.05) is 19.4 Å². The molecule has 0 aliphatic heterocycles. The highest BCUT2D eigenvalue weighted by atomic mass is 32.1. The van der Waals surface area contributed by atoms with Gasteiger partial charge < -0.3 is 10.3 Å². The predicted octanol–water partition coefficient (Wildman–Crippen LogP) is 0.320. The number of hydrogen-bond donors (Lipinski definition) is 1. The molecule has 0 aliphatic rings. The summed E-state index contributed by atoms with van der Waals surface area (Å²) >= 11 is 1.30. The summed E-state index contributed by atoms with van der Waals surface area (Å²) < 4.78 is 5.65. The van der Waals surface area contributed by atoms with Gasteiger partial charge >= 0.3 is 0 Å². The largest absolute Gasteiger partial charge is 0.336 e. The van der Waals surface area contributed by atoms with E-state index in [1.165, 1.54) is 11.5 Å². The standard InChI is InChI=1S/C7H9N5S/c1-12-3-2-9-7(12)6(8)5-4-10-11-13-5/h2-4,6H,8H2,1H3. The molecule has 0 bridgehead atoms. The molecule has 0 aliphatic carbocycles. The van der Waals surface area contributed by atoms with Crippen molar-refractivity contribution in [3.63, 3.8) is 0 Å². The van der Waals surface area contributed by atoms with Gasteiger partial charge in [-0.2, -0.15) is 0 Å². The van der Waals surface area contributed by atoms with Crippen LogP contribution in [0.4, 0.5) is 0 Å². The zero-order valence-electron chi connectivity index (χ0n) is 7.08. The third-order valence-corrected chi connectivity index (χ3v) is 2.57. The fourth-order valence-corrected chi connectivity index (χ4v) is 1.62. The van der Waals surface area contributed by atoms with E-state index >= 15 is 0 Å². The molecule has 0 spiro atoms. The Morgan fingerprint density at radius 2 is 2.46 bits per heavy atom. The molecular formula is C7H9N5S. The highest BCUT2D eigenvalue weighted by molar-refractivity contribution is 7.05. The molecule has 0 fully saturated rings. The van der Waals surface area contributed by atoms with E-state index in [1.807, 2.05) is 17.8 Å². The van der Waals surface area contributed by atoms with E-state index in [-0.39, 0.29) is 6.04 Å². The lowest BCUT2D eigenvalue weighted by atomic mass is 10.2. The smallest absolute Gasteiger partial charge is 0.130 e. The van der Waals surface area contributed by atoms with Crippen LogP contribution in [0.1, 0.15) is 16.7 Å². The van der Waals surface area contributed by atoms with Crippen LogP contribution in [0.25, 0.3) is 0 Å². The van der Waals surface area contributed by atoms with Crippen LogP contribution < -0.4 is 5.73 Å². The second kappa shape index (κ2) is 3.23. The number of nitrogens with zero attached hydrogens (tertiary/aromatic N) is 4. The van der Waals surface area contributed by atoms with Gasteiger partial charge in [-0.05, 0) is 11.5 Å². The summed E-state index contributed by atoms with van der Waals surface area (Å²) in [6, 6.07) is -0.222. The number of aromatic nitrogens is 4. The van der Waals surface area contributed by atoms with Crippen molar-refractivity contribution in [2.24, 2.45) is 12.8 Å². The molecule has 0 radical (unpaired) electrons. The SMILES string of the molecule is Cn1ccnc1C(N)c1cnns1. The predicted molar refractivity (Wildman–Crippen MR) is 49.1 cm³/mol. The van der Waals surface area contributed by atoms with Crippen LogP contribution in [-0.4, -0.2) is 19.1 Å². The van der Waals surface area contributed by atoms with Gasteiger partial charge in [0.1, 0.15) is 11.9 Å². The maximum Gasteiger partial charge on any atom is 0.130 e. The van der Waals surface area contributed by atoms with E-state index in [1.54, 1.807) is 12.4 Å². The Hall–Kier alpha value is -1.27. The number of rotatable bonds is 2. The van der Waals surface area contributed by atoms with Crippen molar-refractivity contribution in [1.82, 2.24) is 19.1 Å². The lowest BCUT2D eigenvalue weighted by molar-refractivity contribution is 0.724. The Kier molecular flexibility index (Phi) is 2.07. The van der Waals surface area contributed by atoms with Gasteiger partial charge in [-0.1, -0.05) is 4.49 Å². The van der Waals surface area contributed by atoms with Crippen LogP contribution in [0.2, 0.25) is 0 Å². The fraction of sp³-hybridized carbons (Fsp3) is 0.286. The normalized spacial score (nSPS) is 13.1. The van der Waals surface area contributed by atoms with Crippen molar-refractivity contribution in [3.8, 4) is 0 Å². The third-order valence-electron chi connectivity index (χ3n) is 1.82. The average molecular weight is 195 g/mol. The monoisotopic (exact) mass is 195 g/mol. The average Bonchev–Trinajstić information content (AvgIpc) is 2.72. The minimum atomic E-state index is -0.222. The number of hydrogen-bond acceptors (Lipinski definition) is 5. The zero-order chi connectivity index (χ0) is 9.26. The van der Waals surface area contributed by atoms with E-state index in [9.17, 15) is 0 Å². The number of nitrogens with two attached hydrogens (primary N) is 1. The van der Waals surface area contributed by atoms with E-state index in [4.69, 9.17) is 5.73 Å². The minimum Gasteiger partial charge on any atom is -0.336 e. The summed E-state index contributed by atoms with van der Waals surface area (Å²) in [5.41, 5.74) is 5.95. The molecule has 2 aromatic rings. The van der Waals surface area contributed by atoms with Crippen molar-refractivity contribution in [2.45, 2.75) is 6.04 Å². The van der Waals surface area contributed by atoms with Gasteiger partial charge in [0.05, 0.1) is 11.1 Å². The molecule has 0 saturated carbocycles. The van der Waals surface area contributed by atoms with Crippen LogP contribution in [0.5, 0.6) is 0 Å². The van der Waals surface area contributed by atoms with Crippen LogP contribution in [0.3, 0.4) is 0 Å². The second-order valence-electron chi connectivity index (χ2n) is 2.69. The lowest BCUT2D eigenvalue weighted by Gasteiger charge is -2.07.